The number of hydrogen-bond donors (Lipinski definition) is 7. The molecule has 9 heteroatoms. The molecule has 2 rings (SSSR count). The van der Waals surface area contributed by atoms with Crippen LogP contribution >= 0.6 is 0 Å². The van der Waals surface area contributed by atoms with Gasteiger partial charge in [-0.05, 0) is 6.42 Å². The molecule has 124 valence electrons. The van der Waals surface area contributed by atoms with Crippen molar-refractivity contribution in [2.45, 2.75) is 67.8 Å². The summed E-state index contributed by atoms with van der Waals surface area (Å²) in [5.74, 6) is 0. The normalized spacial score (nSPS) is 51.9. The van der Waals surface area contributed by atoms with Gasteiger partial charge in [0.2, 0.25) is 0 Å². The molecule has 0 amide bonds. The van der Waals surface area contributed by atoms with Crippen LogP contribution in [0.1, 0.15) is 12.8 Å². The molecule has 1 saturated carbocycles. The lowest BCUT2D eigenvalue weighted by molar-refractivity contribution is -0.276. The van der Waals surface area contributed by atoms with Gasteiger partial charge < -0.3 is 47.7 Å². The third-order valence-corrected chi connectivity index (χ3v) is 4.28. The molecule has 0 aromatic carbocycles. The SMILES string of the molecule is NC[C@H]1O[C@H](O[C@H]2C[C@H](O)[C@@H](N)C[C@@H]2N)[C@H](N)[C@@H](O)[C@@H]1O. The van der Waals surface area contributed by atoms with Crippen molar-refractivity contribution < 1.29 is 24.8 Å². The van der Waals surface area contributed by atoms with E-state index < -0.39 is 42.9 Å². The van der Waals surface area contributed by atoms with Crippen molar-refractivity contribution in [3.63, 3.8) is 0 Å². The van der Waals surface area contributed by atoms with Gasteiger partial charge in [-0.25, -0.2) is 0 Å². The molecule has 1 aliphatic heterocycles. The van der Waals surface area contributed by atoms with E-state index in [4.69, 9.17) is 32.4 Å². The molecule has 0 bridgehead atoms. The Bertz CT molecular complexity index is 348. The number of ether oxygens (including phenoxy) is 2. The van der Waals surface area contributed by atoms with Crippen LogP contribution in [-0.2, 0) is 9.47 Å². The molecule has 2 fully saturated rings. The molecule has 0 aromatic heterocycles. The fourth-order valence-electron chi connectivity index (χ4n) is 2.81. The fraction of sp³-hybridized carbons (Fsp3) is 1.00. The Morgan fingerprint density at radius 3 is 2.29 bits per heavy atom. The molecule has 1 heterocycles. The van der Waals surface area contributed by atoms with Crippen molar-refractivity contribution in [1.29, 1.82) is 0 Å². The maximum absolute atomic E-state index is 9.92. The zero-order chi connectivity index (χ0) is 15.7. The van der Waals surface area contributed by atoms with Crippen LogP contribution in [0, 0.1) is 0 Å². The van der Waals surface area contributed by atoms with Crippen LogP contribution in [0.2, 0.25) is 0 Å². The van der Waals surface area contributed by atoms with Gasteiger partial charge in [0, 0.05) is 25.0 Å². The summed E-state index contributed by atoms with van der Waals surface area (Å²) in [6, 6.07) is -1.67. The number of nitrogens with two attached hydrogens (primary N) is 4. The first kappa shape index (κ1) is 17.0. The summed E-state index contributed by atoms with van der Waals surface area (Å²) >= 11 is 0. The lowest BCUT2D eigenvalue weighted by Gasteiger charge is -2.44. The van der Waals surface area contributed by atoms with E-state index in [0.29, 0.717) is 6.42 Å². The molecule has 1 aliphatic carbocycles. The van der Waals surface area contributed by atoms with E-state index in [0.717, 1.165) is 0 Å². The van der Waals surface area contributed by atoms with Crippen molar-refractivity contribution >= 4 is 0 Å². The second kappa shape index (κ2) is 6.82. The van der Waals surface area contributed by atoms with Gasteiger partial charge in [0.25, 0.3) is 0 Å². The fourth-order valence-corrected chi connectivity index (χ4v) is 2.81. The Balaban J connectivity index is 2.01. The minimum absolute atomic E-state index is 0.0228. The maximum Gasteiger partial charge on any atom is 0.176 e. The predicted molar refractivity (Wildman–Crippen MR) is 73.8 cm³/mol. The minimum Gasteiger partial charge on any atom is -0.391 e. The summed E-state index contributed by atoms with van der Waals surface area (Å²) in [6.07, 6.45) is -4.60. The monoisotopic (exact) mass is 306 g/mol. The summed E-state index contributed by atoms with van der Waals surface area (Å²) in [6.45, 7) is 0.0228. The zero-order valence-corrected chi connectivity index (χ0v) is 11.8. The van der Waals surface area contributed by atoms with E-state index >= 15 is 0 Å². The summed E-state index contributed by atoms with van der Waals surface area (Å²) in [5, 5.41) is 29.5. The van der Waals surface area contributed by atoms with Gasteiger partial charge in [0.1, 0.15) is 18.3 Å². The van der Waals surface area contributed by atoms with Crippen LogP contribution in [-0.4, -0.2) is 76.8 Å². The Morgan fingerprint density at radius 1 is 1.00 bits per heavy atom. The van der Waals surface area contributed by atoms with Gasteiger partial charge in [-0.15, -0.1) is 0 Å². The van der Waals surface area contributed by atoms with Crippen LogP contribution in [0.3, 0.4) is 0 Å². The van der Waals surface area contributed by atoms with Crippen molar-refractivity contribution in [2.75, 3.05) is 6.54 Å². The van der Waals surface area contributed by atoms with Crippen molar-refractivity contribution in [3.05, 3.63) is 0 Å². The standard InChI is InChI=1S/C12H26N4O5/c13-3-8-10(18)11(19)9(16)12(21-8)20-7-2-6(17)4(14)1-5(7)15/h4-12,17-19H,1-3,13-16H2/t4-,5-,6-,7-,8+,9+,10+,11+,12-/m0/s1. The van der Waals surface area contributed by atoms with Crippen LogP contribution < -0.4 is 22.9 Å². The molecule has 1 saturated heterocycles. The molecular weight excluding hydrogens is 280 g/mol. The third-order valence-electron chi connectivity index (χ3n) is 4.28. The van der Waals surface area contributed by atoms with Gasteiger partial charge in [-0.3, -0.25) is 0 Å². The summed E-state index contributed by atoms with van der Waals surface area (Å²) in [4.78, 5) is 0. The largest absolute Gasteiger partial charge is 0.391 e. The zero-order valence-electron chi connectivity index (χ0n) is 11.8. The second-order valence-corrected chi connectivity index (χ2v) is 5.88. The van der Waals surface area contributed by atoms with Crippen LogP contribution in [0.25, 0.3) is 0 Å². The smallest absolute Gasteiger partial charge is 0.176 e. The molecule has 0 radical (unpaired) electrons. The molecule has 21 heavy (non-hydrogen) atoms. The minimum atomic E-state index is -1.20. The molecule has 9 nitrogen and oxygen atoms in total. The third kappa shape index (κ3) is 3.52. The first-order chi connectivity index (χ1) is 9.85. The molecule has 0 spiro atoms. The average Bonchev–Trinajstić information content (AvgIpc) is 2.45. The second-order valence-electron chi connectivity index (χ2n) is 5.88. The molecular formula is C12H26N4O5. The quantitative estimate of drug-likeness (QED) is 0.272. The van der Waals surface area contributed by atoms with Gasteiger partial charge >= 0.3 is 0 Å². The lowest BCUT2D eigenvalue weighted by Crippen LogP contribution is -2.65. The highest BCUT2D eigenvalue weighted by atomic mass is 16.7. The average molecular weight is 306 g/mol. The molecule has 9 atom stereocenters. The highest BCUT2D eigenvalue weighted by Gasteiger charge is 2.45. The van der Waals surface area contributed by atoms with Crippen LogP contribution in [0.15, 0.2) is 0 Å². The van der Waals surface area contributed by atoms with Gasteiger partial charge in [0.05, 0.1) is 18.2 Å². The Kier molecular flexibility index (Phi) is 5.52. The molecule has 0 unspecified atom stereocenters. The summed E-state index contributed by atoms with van der Waals surface area (Å²) in [7, 11) is 0. The van der Waals surface area contributed by atoms with Gasteiger partial charge in [-0.2, -0.15) is 0 Å². The van der Waals surface area contributed by atoms with E-state index in [1.165, 1.54) is 0 Å². The first-order valence-corrected chi connectivity index (χ1v) is 7.17. The maximum atomic E-state index is 9.92. The van der Waals surface area contributed by atoms with Gasteiger partial charge in [-0.1, -0.05) is 0 Å². The predicted octanol–water partition coefficient (Wildman–Crippen LogP) is -4.09. The van der Waals surface area contributed by atoms with E-state index in [1.54, 1.807) is 0 Å². The molecule has 11 N–H and O–H groups in total. The Morgan fingerprint density at radius 2 is 1.67 bits per heavy atom. The van der Waals surface area contributed by atoms with Gasteiger partial charge in [0.15, 0.2) is 6.29 Å². The number of aliphatic hydroxyl groups excluding tert-OH is 3. The van der Waals surface area contributed by atoms with E-state index in [2.05, 4.69) is 0 Å². The molecule has 2 aliphatic rings. The Labute approximate surface area is 123 Å². The lowest BCUT2D eigenvalue weighted by atomic mass is 9.87. The first-order valence-electron chi connectivity index (χ1n) is 7.17. The van der Waals surface area contributed by atoms with Crippen LogP contribution in [0.4, 0.5) is 0 Å². The van der Waals surface area contributed by atoms with Crippen molar-refractivity contribution in [3.8, 4) is 0 Å². The summed E-state index contributed by atoms with van der Waals surface area (Å²) in [5.41, 5.74) is 23.0. The van der Waals surface area contributed by atoms with Crippen molar-refractivity contribution in [2.24, 2.45) is 22.9 Å². The number of aliphatic hydroxyl groups is 3. The number of rotatable bonds is 3. The number of hydrogen-bond acceptors (Lipinski definition) is 9. The Hall–Kier alpha value is -0.360. The highest BCUT2D eigenvalue weighted by Crippen LogP contribution is 2.26. The van der Waals surface area contributed by atoms with Crippen molar-refractivity contribution in [1.82, 2.24) is 0 Å². The van der Waals surface area contributed by atoms with E-state index in [9.17, 15) is 15.3 Å². The highest BCUT2D eigenvalue weighted by molar-refractivity contribution is 4.95. The van der Waals surface area contributed by atoms with Crippen LogP contribution in [0.5, 0.6) is 0 Å². The van der Waals surface area contributed by atoms with E-state index in [1.807, 2.05) is 0 Å². The molecule has 0 aromatic rings. The topological polar surface area (TPSA) is 183 Å². The van der Waals surface area contributed by atoms with E-state index in [-0.39, 0.29) is 25.0 Å². The summed E-state index contributed by atoms with van der Waals surface area (Å²) < 4.78 is 11.2.